The first-order valence-corrected chi connectivity index (χ1v) is 5.47. The van der Waals surface area contributed by atoms with Gasteiger partial charge in [0.1, 0.15) is 5.38 Å². The Kier molecular flexibility index (Phi) is 4.42. The minimum absolute atomic E-state index is 0.0353. The Morgan fingerprint density at radius 3 is 2.38 bits per heavy atom. The van der Waals surface area contributed by atoms with Crippen LogP contribution in [0.4, 0.5) is 8.78 Å². The van der Waals surface area contributed by atoms with E-state index >= 15 is 0 Å². The topological polar surface area (TPSA) is 17.1 Å². The van der Waals surface area contributed by atoms with Crippen LogP contribution in [0, 0.1) is 0 Å². The Labute approximate surface area is 98.4 Å². The molecule has 1 atom stereocenters. The first kappa shape index (κ1) is 13.1. The van der Waals surface area contributed by atoms with Crippen molar-refractivity contribution in [1.82, 2.24) is 0 Å². The molecule has 1 aromatic carbocycles. The Bertz CT molecular complexity index is 391. The number of hydrogen-bond donors (Lipinski definition) is 0. The SMILES string of the molecule is CCc1c(C(F)F)cccc1C(Cl)C(C)=O. The first-order valence-electron chi connectivity index (χ1n) is 5.03. The summed E-state index contributed by atoms with van der Waals surface area (Å²) in [5.41, 5.74) is 0.939. The second-order valence-electron chi connectivity index (χ2n) is 3.54. The van der Waals surface area contributed by atoms with Gasteiger partial charge in [0.15, 0.2) is 5.78 Å². The van der Waals surface area contributed by atoms with Gasteiger partial charge in [0.05, 0.1) is 0 Å². The molecule has 1 unspecified atom stereocenters. The Hall–Kier alpha value is -0.960. The molecule has 1 nitrogen and oxygen atoms in total. The van der Waals surface area contributed by atoms with Crippen molar-refractivity contribution in [2.45, 2.75) is 32.1 Å². The number of rotatable bonds is 4. The van der Waals surface area contributed by atoms with Crippen LogP contribution in [-0.2, 0) is 11.2 Å². The highest BCUT2D eigenvalue weighted by Gasteiger charge is 2.21. The summed E-state index contributed by atoms with van der Waals surface area (Å²) in [6, 6.07) is 4.51. The van der Waals surface area contributed by atoms with E-state index in [0.717, 1.165) is 0 Å². The van der Waals surface area contributed by atoms with Gasteiger partial charge < -0.3 is 0 Å². The van der Waals surface area contributed by atoms with Crippen LogP contribution < -0.4 is 0 Å². The second kappa shape index (κ2) is 5.39. The lowest BCUT2D eigenvalue weighted by Gasteiger charge is -2.15. The van der Waals surface area contributed by atoms with Crippen LogP contribution in [0.1, 0.15) is 42.3 Å². The molecule has 4 heteroatoms. The van der Waals surface area contributed by atoms with Crippen LogP contribution in [-0.4, -0.2) is 5.78 Å². The largest absolute Gasteiger partial charge is 0.298 e. The van der Waals surface area contributed by atoms with E-state index in [9.17, 15) is 13.6 Å². The number of alkyl halides is 3. The Morgan fingerprint density at radius 2 is 1.94 bits per heavy atom. The molecule has 1 aromatic rings. The molecule has 0 aliphatic heterocycles. The van der Waals surface area contributed by atoms with Crippen molar-refractivity contribution in [2.75, 3.05) is 0 Å². The zero-order valence-corrected chi connectivity index (χ0v) is 9.89. The van der Waals surface area contributed by atoms with E-state index in [1.165, 1.54) is 19.1 Å². The molecule has 0 aliphatic rings. The van der Waals surface area contributed by atoms with Gasteiger partial charge in [0.25, 0.3) is 6.43 Å². The van der Waals surface area contributed by atoms with Gasteiger partial charge in [0.2, 0.25) is 0 Å². The summed E-state index contributed by atoms with van der Waals surface area (Å²) < 4.78 is 25.5. The summed E-state index contributed by atoms with van der Waals surface area (Å²) in [7, 11) is 0. The molecule has 0 heterocycles. The maximum Gasteiger partial charge on any atom is 0.264 e. The lowest BCUT2D eigenvalue weighted by atomic mass is 9.95. The summed E-state index contributed by atoms with van der Waals surface area (Å²) in [4.78, 5) is 11.2. The Balaban J connectivity index is 3.29. The molecule has 16 heavy (non-hydrogen) atoms. The van der Waals surface area contributed by atoms with E-state index in [-0.39, 0.29) is 11.3 Å². The van der Waals surface area contributed by atoms with Gasteiger partial charge in [-0.3, -0.25) is 4.79 Å². The number of carbonyl (C=O) groups excluding carboxylic acids is 1. The number of hydrogen-bond acceptors (Lipinski definition) is 1. The highest BCUT2D eigenvalue weighted by atomic mass is 35.5. The Morgan fingerprint density at radius 1 is 1.38 bits per heavy atom. The van der Waals surface area contributed by atoms with Crippen molar-refractivity contribution in [1.29, 1.82) is 0 Å². The molecular formula is C12H13ClF2O. The van der Waals surface area contributed by atoms with Crippen LogP contribution >= 0.6 is 11.6 Å². The molecule has 0 saturated heterocycles. The molecular weight excluding hydrogens is 234 g/mol. The normalized spacial score (nSPS) is 12.9. The number of Topliss-reactive ketones (excluding diaryl/α,β-unsaturated/α-hetero) is 1. The summed E-state index contributed by atoms with van der Waals surface area (Å²) in [5, 5.41) is -0.839. The van der Waals surface area contributed by atoms with E-state index < -0.39 is 11.8 Å². The molecule has 1 rings (SSSR count). The highest BCUT2D eigenvalue weighted by Crippen LogP contribution is 2.32. The zero-order chi connectivity index (χ0) is 12.3. The van der Waals surface area contributed by atoms with Crippen molar-refractivity contribution in [3.63, 3.8) is 0 Å². The fourth-order valence-electron chi connectivity index (χ4n) is 1.69. The average molecular weight is 247 g/mol. The van der Waals surface area contributed by atoms with Gasteiger partial charge in [-0.1, -0.05) is 25.1 Å². The maximum absolute atomic E-state index is 12.7. The number of benzene rings is 1. The average Bonchev–Trinajstić information content (AvgIpc) is 2.26. The van der Waals surface area contributed by atoms with Gasteiger partial charge >= 0.3 is 0 Å². The van der Waals surface area contributed by atoms with Crippen molar-refractivity contribution in [3.05, 3.63) is 34.9 Å². The van der Waals surface area contributed by atoms with E-state index in [4.69, 9.17) is 11.6 Å². The summed E-state index contributed by atoms with van der Waals surface area (Å²) >= 11 is 5.91. The van der Waals surface area contributed by atoms with Gasteiger partial charge in [-0.2, -0.15) is 0 Å². The quantitative estimate of drug-likeness (QED) is 0.733. The third-order valence-corrected chi connectivity index (χ3v) is 3.01. The smallest absolute Gasteiger partial charge is 0.264 e. The summed E-state index contributed by atoms with van der Waals surface area (Å²) in [6.45, 7) is 3.13. The molecule has 0 N–H and O–H groups in total. The molecule has 0 spiro atoms. The predicted molar refractivity (Wildman–Crippen MR) is 60.1 cm³/mol. The third kappa shape index (κ3) is 2.59. The van der Waals surface area contributed by atoms with Crippen LogP contribution in [0.5, 0.6) is 0 Å². The highest BCUT2D eigenvalue weighted by molar-refractivity contribution is 6.30. The first-order chi connectivity index (χ1) is 7.49. The van der Waals surface area contributed by atoms with Crippen LogP contribution in [0.25, 0.3) is 0 Å². The summed E-state index contributed by atoms with van der Waals surface area (Å²) in [6.07, 6.45) is -2.10. The molecule has 0 aliphatic carbocycles. The fraction of sp³-hybridized carbons (Fsp3) is 0.417. The maximum atomic E-state index is 12.7. The van der Waals surface area contributed by atoms with E-state index in [2.05, 4.69) is 0 Å². The van der Waals surface area contributed by atoms with Gasteiger partial charge in [0, 0.05) is 5.56 Å². The number of ketones is 1. The molecule has 88 valence electrons. The molecule has 0 radical (unpaired) electrons. The third-order valence-electron chi connectivity index (χ3n) is 2.47. The van der Waals surface area contributed by atoms with Gasteiger partial charge in [-0.25, -0.2) is 8.78 Å². The van der Waals surface area contributed by atoms with Crippen LogP contribution in [0.2, 0.25) is 0 Å². The number of halogens is 3. The molecule has 0 saturated carbocycles. The van der Waals surface area contributed by atoms with Crippen LogP contribution in [0.15, 0.2) is 18.2 Å². The van der Waals surface area contributed by atoms with Crippen LogP contribution in [0.3, 0.4) is 0 Å². The lowest BCUT2D eigenvalue weighted by molar-refractivity contribution is -0.116. The van der Waals surface area contributed by atoms with Crippen molar-refractivity contribution in [2.24, 2.45) is 0 Å². The predicted octanol–water partition coefficient (Wildman–Crippen LogP) is 4.06. The van der Waals surface area contributed by atoms with Crippen molar-refractivity contribution < 1.29 is 13.6 Å². The minimum Gasteiger partial charge on any atom is -0.298 e. The van der Waals surface area contributed by atoms with Crippen molar-refractivity contribution in [3.8, 4) is 0 Å². The standard InChI is InChI=1S/C12H13ClF2O/c1-3-8-9(11(13)7(2)16)5-4-6-10(8)12(14)15/h4-6,11-12H,3H2,1-2H3. The number of carbonyl (C=O) groups is 1. The van der Waals surface area contributed by atoms with Gasteiger partial charge in [-0.15, -0.1) is 11.6 Å². The molecule has 0 bridgehead atoms. The zero-order valence-electron chi connectivity index (χ0n) is 9.14. The molecule has 0 amide bonds. The molecule has 0 aromatic heterocycles. The van der Waals surface area contributed by atoms with E-state index in [1.807, 2.05) is 0 Å². The molecule has 0 fully saturated rings. The van der Waals surface area contributed by atoms with E-state index in [1.54, 1.807) is 13.0 Å². The minimum atomic E-state index is -2.54. The second-order valence-corrected chi connectivity index (χ2v) is 3.98. The fourth-order valence-corrected chi connectivity index (χ4v) is 1.90. The van der Waals surface area contributed by atoms with E-state index in [0.29, 0.717) is 17.5 Å². The van der Waals surface area contributed by atoms with Crippen molar-refractivity contribution >= 4 is 17.4 Å². The van der Waals surface area contributed by atoms with Gasteiger partial charge in [-0.05, 0) is 24.5 Å². The monoisotopic (exact) mass is 246 g/mol. The summed E-state index contributed by atoms with van der Waals surface area (Å²) in [5.74, 6) is -0.234. The lowest BCUT2D eigenvalue weighted by Crippen LogP contribution is -2.07.